The number of hydrogen-bond donors (Lipinski definition) is 1. The summed E-state index contributed by atoms with van der Waals surface area (Å²) in [5.74, 6) is 1.55. The van der Waals surface area contributed by atoms with Gasteiger partial charge in [-0.3, -0.25) is 9.59 Å². The van der Waals surface area contributed by atoms with Gasteiger partial charge in [-0.25, -0.2) is 0 Å². The molecule has 132 valence electrons. The number of piperazine rings is 1. The maximum atomic E-state index is 12.4. The van der Waals surface area contributed by atoms with E-state index in [2.05, 4.69) is 0 Å². The van der Waals surface area contributed by atoms with Crippen LogP contribution in [0.15, 0.2) is 16.7 Å². The Morgan fingerprint density at radius 1 is 1.12 bits per heavy atom. The van der Waals surface area contributed by atoms with Crippen molar-refractivity contribution in [1.82, 2.24) is 9.80 Å². The Hall–Kier alpha value is -1.82. The summed E-state index contributed by atoms with van der Waals surface area (Å²) in [6, 6.07) is 1.70. The van der Waals surface area contributed by atoms with Crippen molar-refractivity contribution in [2.24, 2.45) is 11.7 Å². The fraction of sp³-hybridized carbons (Fsp3) is 0.667. The summed E-state index contributed by atoms with van der Waals surface area (Å²) in [4.78, 5) is 28.4. The zero-order valence-electron chi connectivity index (χ0n) is 14.2. The van der Waals surface area contributed by atoms with Crippen LogP contribution in [0.2, 0.25) is 0 Å². The number of carbonyl (C=O) groups excluding carboxylic acids is 2. The van der Waals surface area contributed by atoms with Crippen molar-refractivity contribution in [3.63, 3.8) is 0 Å². The van der Waals surface area contributed by atoms with E-state index < -0.39 is 0 Å². The van der Waals surface area contributed by atoms with Crippen LogP contribution in [0.4, 0.5) is 0 Å². The molecule has 0 radical (unpaired) electrons. The van der Waals surface area contributed by atoms with Gasteiger partial charge in [0, 0.05) is 32.6 Å². The van der Waals surface area contributed by atoms with Crippen molar-refractivity contribution in [2.75, 3.05) is 26.2 Å². The summed E-state index contributed by atoms with van der Waals surface area (Å²) in [6.07, 6.45) is 8.34. The maximum absolute atomic E-state index is 12.4. The van der Waals surface area contributed by atoms with Crippen LogP contribution in [-0.4, -0.2) is 47.8 Å². The SMILES string of the molecule is NCc1cc(C(=O)N2CCN(C(=O)CCC3CCCC3)CC2)co1. The summed E-state index contributed by atoms with van der Waals surface area (Å²) in [6.45, 7) is 2.69. The van der Waals surface area contributed by atoms with Crippen molar-refractivity contribution in [3.8, 4) is 0 Å². The Balaban J connectivity index is 1.44. The van der Waals surface area contributed by atoms with Crippen molar-refractivity contribution in [2.45, 2.75) is 45.1 Å². The Morgan fingerprint density at radius 3 is 2.42 bits per heavy atom. The van der Waals surface area contributed by atoms with Crippen LogP contribution in [-0.2, 0) is 11.3 Å². The molecule has 24 heavy (non-hydrogen) atoms. The molecule has 2 amide bonds. The highest BCUT2D eigenvalue weighted by atomic mass is 16.3. The molecule has 3 rings (SSSR count). The third-order valence-corrected chi connectivity index (χ3v) is 5.26. The lowest BCUT2D eigenvalue weighted by Gasteiger charge is -2.34. The highest BCUT2D eigenvalue weighted by Crippen LogP contribution is 2.28. The molecule has 1 aromatic rings. The van der Waals surface area contributed by atoms with Crippen LogP contribution in [0.5, 0.6) is 0 Å². The van der Waals surface area contributed by atoms with E-state index in [9.17, 15) is 9.59 Å². The first-order chi connectivity index (χ1) is 11.7. The average Bonchev–Trinajstić information content (AvgIpc) is 3.30. The van der Waals surface area contributed by atoms with Gasteiger partial charge in [-0.05, 0) is 18.4 Å². The van der Waals surface area contributed by atoms with Crippen molar-refractivity contribution in [3.05, 3.63) is 23.7 Å². The number of nitrogens with two attached hydrogens (primary N) is 1. The van der Waals surface area contributed by atoms with Gasteiger partial charge in [0.15, 0.2) is 0 Å². The lowest BCUT2D eigenvalue weighted by atomic mass is 10.0. The molecule has 2 fully saturated rings. The van der Waals surface area contributed by atoms with Gasteiger partial charge in [0.2, 0.25) is 5.91 Å². The number of furan rings is 1. The zero-order valence-corrected chi connectivity index (χ0v) is 14.2. The summed E-state index contributed by atoms with van der Waals surface area (Å²) in [7, 11) is 0. The molecule has 0 aromatic carbocycles. The van der Waals surface area contributed by atoms with Gasteiger partial charge in [0.05, 0.1) is 12.1 Å². The molecule has 1 aliphatic carbocycles. The number of hydrogen-bond acceptors (Lipinski definition) is 4. The smallest absolute Gasteiger partial charge is 0.257 e. The van der Waals surface area contributed by atoms with E-state index >= 15 is 0 Å². The Labute approximate surface area is 143 Å². The molecular weight excluding hydrogens is 306 g/mol. The standard InChI is InChI=1S/C18H27N3O3/c19-12-16-11-15(13-24-16)18(23)21-9-7-20(8-10-21)17(22)6-5-14-3-1-2-4-14/h11,13-14H,1-10,12,19H2. The minimum atomic E-state index is -0.0449. The molecule has 0 bridgehead atoms. The lowest BCUT2D eigenvalue weighted by Crippen LogP contribution is -2.50. The third-order valence-electron chi connectivity index (χ3n) is 5.26. The van der Waals surface area contributed by atoms with Gasteiger partial charge in [-0.15, -0.1) is 0 Å². The molecule has 1 saturated heterocycles. The minimum Gasteiger partial charge on any atom is -0.467 e. The molecule has 1 aliphatic heterocycles. The Morgan fingerprint density at radius 2 is 1.79 bits per heavy atom. The zero-order chi connectivity index (χ0) is 16.9. The number of nitrogens with zero attached hydrogens (tertiary/aromatic N) is 2. The van der Waals surface area contributed by atoms with Crippen LogP contribution in [0.25, 0.3) is 0 Å². The highest BCUT2D eigenvalue weighted by Gasteiger charge is 2.26. The van der Waals surface area contributed by atoms with E-state index in [4.69, 9.17) is 10.2 Å². The molecule has 2 aliphatic rings. The second-order valence-electron chi connectivity index (χ2n) is 6.87. The van der Waals surface area contributed by atoms with E-state index in [1.807, 2.05) is 4.90 Å². The van der Waals surface area contributed by atoms with Crippen LogP contribution >= 0.6 is 0 Å². The molecule has 0 unspecified atom stereocenters. The van der Waals surface area contributed by atoms with Gasteiger partial charge in [-0.2, -0.15) is 0 Å². The van der Waals surface area contributed by atoms with E-state index in [0.29, 0.717) is 43.9 Å². The van der Waals surface area contributed by atoms with E-state index in [-0.39, 0.29) is 18.4 Å². The number of carbonyl (C=O) groups is 2. The highest BCUT2D eigenvalue weighted by molar-refractivity contribution is 5.94. The van der Waals surface area contributed by atoms with E-state index in [0.717, 1.165) is 12.3 Å². The first-order valence-electron chi connectivity index (χ1n) is 9.02. The fourth-order valence-corrected chi connectivity index (χ4v) is 3.73. The minimum absolute atomic E-state index is 0.0449. The summed E-state index contributed by atoms with van der Waals surface area (Å²) in [5.41, 5.74) is 6.04. The topological polar surface area (TPSA) is 79.8 Å². The molecule has 0 atom stereocenters. The molecule has 1 saturated carbocycles. The summed E-state index contributed by atoms with van der Waals surface area (Å²) < 4.78 is 5.23. The molecule has 1 aromatic heterocycles. The second-order valence-corrected chi connectivity index (χ2v) is 6.87. The van der Waals surface area contributed by atoms with Crippen LogP contribution < -0.4 is 5.73 Å². The molecule has 0 spiro atoms. The average molecular weight is 333 g/mol. The number of amides is 2. The molecule has 6 nitrogen and oxygen atoms in total. The Bertz CT molecular complexity index is 570. The lowest BCUT2D eigenvalue weighted by molar-refractivity contribution is -0.133. The van der Waals surface area contributed by atoms with Crippen molar-refractivity contribution < 1.29 is 14.0 Å². The van der Waals surface area contributed by atoms with Crippen molar-refractivity contribution in [1.29, 1.82) is 0 Å². The summed E-state index contributed by atoms with van der Waals surface area (Å²) in [5, 5.41) is 0. The largest absolute Gasteiger partial charge is 0.467 e. The molecule has 2 heterocycles. The monoisotopic (exact) mass is 333 g/mol. The predicted molar refractivity (Wildman–Crippen MR) is 90.3 cm³/mol. The van der Waals surface area contributed by atoms with Gasteiger partial charge >= 0.3 is 0 Å². The normalized spacial score (nSPS) is 19.0. The predicted octanol–water partition coefficient (Wildman–Crippen LogP) is 1.99. The first kappa shape index (κ1) is 17.0. The van der Waals surface area contributed by atoms with Crippen LogP contribution in [0, 0.1) is 5.92 Å². The molecular formula is C18H27N3O3. The fourth-order valence-electron chi connectivity index (χ4n) is 3.73. The van der Waals surface area contributed by atoms with E-state index in [1.165, 1.54) is 31.9 Å². The van der Waals surface area contributed by atoms with Crippen LogP contribution in [0.1, 0.15) is 54.6 Å². The Kier molecular flexibility index (Phi) is 5.56. The number of rotatable bonds is 5. The van der Waals surface area contributed by atoms with Gasteiger partial charge < -0.3 is 20.0 Å². The van der Waals surface area contributed by atoms with Gasteiger partial charge in [0.25, 0.3) is 5.91 Å². The van der Waals surface area contributed by atoms with E-state index in [1.54, 1.807) is 11.0 Å². The van der Waals surface area contributed by atoms with Crippen LogP contribution in [0.3, 0.4) is 0 Å². The maximum Gasteiger partial charge on any atom is 0.257 e. The third kappa shape index (κ3) is 3.98. The molecule has 6 heteroatoms. The quantitative estimate of drug-likeness (QED) is 0.894. The van der Waals surface area contributed by atoms with Gasteiger partial charge in [-0.1, -0.05) is 25.7 Å². The first-order valence-corrected chi connectivity index (χ1v) is 9.02. The van der Waals surface area contributed by atoms with Gasteiger partial charge in [0.1, 0.15) is 12.0 Å². The second kappa shape index (κ2) is 7.83. The summed E-state index contributed by atoms with van der Waals surface area (Å²) >= 11 is 0. The van der Waals surface area contributed by atoms with Crippen molar-refractivity contribution >= 4 is 11.8 Å². The molecule has 2 N–H and O–H groups in total.